The predicted octanol–water partition coefficient (Wildman–Crippen LogP) is 2.86. The lowest BCUT2D eigenvalue weighted by Gasteiger charge is -2.24. The van der Waals surface area contributed by atoms with E-state index < -0.39 is 0 Å². The minimum Gasteiger partial charge on any atom is -0.271 e. The van der Waals surface area contributed by atoms with Crippen molar-refractivity contribution in [2.45, 2.75) is 39.2 Å². The average molecular weight is 231 g/mol. The van der Waals surface area contributed by atoms with Gasteiger partial charge in [-0.1, -0.05) is 32.4 Å². The fourth-order valence-electron chi connectivity index (χ4n) is 2.39. The molecule has 0 radical (unpaired) electrons. The Hall–Kier alpha value is -1.64. The number of nitrogens with zero attached hydrogens (tertiary/aromatic N) is 1. The molecule has 0 aliphatic carbocycles. The van der Waals surface area contributed by atoms with Crippen LogP contribution in [0.25, 0.3) is 0 Å². The van der Waals surface area contributed by atoms with Gasteiger partial charge in [-0.3, -0.25) is 14.5 Å². The summed E-state index contributed by atoms with van der Waals surface area (Å²) in [7, 11) is 0. The normalized spacial score (nSPS) is 16.2. The monoisotopic (exact) mass is 231 g/mol. The molecule has 3 heteroatoms. The van der Waals surface area contributed by atoms with Gasteiger partial charge in [-0.2, -0.15) is 0 Å². The number of hydrogen-bond donors (Lipinski definition) is 0. The van der Waals surface area contributed by atoms with Crippen LogP contribution in [-0.4, -0.2) is 22.8 Å². The molecule has 1 aliphatic heterocycles. The van der Waals surface area contributed by atoms with Crippen LogP contribution < -0.4 is 0 Å². The summed E-state index contributed by atoms with van der Waals surface area (Å²) in [6.45, 7) is 4.09. The second kappa shape index (κ2) is 4.70. The van der Waals surface area contributed by atoms with Crippen molar-refractivity contribution in [1.29, 1.82) is 0 Å². The van der Waals surface area contributed by atoms with E-state index in [2.05, 4.69) is 6.92 Å². The molecule has 0 saturated carbocycles. The second-order valence-corrected chi connectivity index (χ2v) is 4.38. The van der Waals surface area contributed by atoms with Crippen molar-refractivity contribution in [2.24, 2.45) is 0 Å². The largest absolute Gasteiger partial charge is 0.271 e. The molecule has 2 amide bonds. The van der Waals surface area contributed by atoms with Crippen LogP contribution in [0.5, 0.6) is 0 Å². The van der Waals surface area contributed by atoms with Crippen LogP contribution >= 0.6 is 0 Å². The highest BCUT2D eigenvalue weighted by molar-refractivity contribution is 6.21. The molecular weight excluding hydrogens is 214 g/mol. The van der Waals surface area contributed by atoms with Crippen molar-refractivity contribution in [3.63, 3.8) is 0 Å². The zero-order chi connectivity index (χ0) is 12.4. The molecule has 0 saturated heterocycles. The number of amides is 2. The van der Waals surface area contributed by atoms with E-state index in [0.717, 1.165) is 19.3 Å². The van der Waals surface area contributed by atoms with Crippen molar-refractivity contribution in [3.8, 4) is 0 Å². The topological polar surface area (TPSA) is 37.4 Å². The van der Waals surface area contributed by atoms with E-state index in [-0.39, 0.29) is 17.9 Å². The molecule has 3 nitrogen and oxygen atoms in total. The summed E-state index contributed by atoms with van der Waals surface area (Å²) in [6, 6.07) is 7.10. The van der Waals surface area contributed by atoms with Gasteiger partial charge in [0.05, 0.1) is 11.1 Å². The molecule has 1 aromatic carbocycles. The van der Waals surface area contributed by atoms with Crippen LogP contribution in [0.4, 0.5) is 0 Å². The molecule has 1 atom stereocenters. The molecule has 0 fully saturated rings. The molecule has 0 aromatic heterocycles. The first-order chi connectivity index (χ1) is 8.20. The van der Waals surface area contributed by atoms with Crippen molar-refractivity contribution in [2.75, 3.05) is 0 Å². The fourth-order valence-corrected chi connectivity index (χ4v) is 2.39. The summed E-state index contributed by atoms with van der Waals surface area (Å²) < 4.78 is 0. The maximum absolute atomic E-state index is 12.2. The Labute approximate surface area is 101 Å². The summed E-state index contributed by atoms with van der Waals surface area (Å²) >= 11 is 0. The highest BCUT2D eigenvalue weighted by Gasteiger charge is 2.38. The van der Waals surface area contributed by atoms with Gasteiger partial charge in [0.2, 0.25) is 0 Å². The molecule has 0 spiro atoms. The maximum Gasteiger partial charge on any atom is 0.261 e. The maximum atomic E-state index is 12.2. The number of rotatable bonds is 4. The van der Waals surface area contributed by atoms with Crippen LogP contribution in [0.15, 0.2) is 24.3 Å². The molecule has 0 N–H and O–H groups in total. The van der Waals surface area contributed by atoms with Crippen molar-refractivity contribution >= 4 is 11.8 Å². The van der Waals surface area contributed by atoms with Gasteiger partial charge in [0.25, 0.3) is 11.8 Å². The van der Waals surface area contributed by atoms with Crippen molar-refractivity contribution in [1.82, 2.24) is 4.90 Å². The number of hydrogen-bond acceptors (Lipinski definition) is 2. The molecule has 2 rings (SSSR count). The first kappa shape index (κ1) is 11.8. The third-order valence-corrected chi connectivity index (χ3v) is 3.28. The van der Waals surface area contributed by atoms with Crippen LogP contribution in [0.1, 0.15) is 53.8 Å². The van der Waals surface area contributed by atoms with E-state index in [0.29, 0.717) is 11.1 Å². The molecule has 17 heavy (non-hydrogen) atoms. The van der Waals surface area contributed by atoms with Crippen LogP contribution in [0.2, 0.25) is 0 Å². The van der Waals surface area contributed by atoms with Gasteiger partial charge < -0.3 is 0 Å². The van der Waals surface area contributed by atoms with Gasteiger partial charge in [-0.15, -0.1) is 0 Å². The first-order valence-electron chi connectivity index (χ1n) is 6.17. The lowest BCUT2D eigenvalue weighted by Crippen LogP contribution is -2.39. The van der Waals surface area contributed by atoms with E-state index in [1.54, 1.807) is 24.3 Å². The minimum absolute atomic E-state index is 0.0346. The zero-order valence-corrected chi connectivity index (χ0v) is 10.3. The minimum atomic E-state index is -0.133. The lowest BCUT2D eigenvalue weighted by atomic mass is 10.1. The van der Waals surface area contributed by atoms with E-state index in [1.807, 2.05) is 6.92 Å². The Morgan fingerprint density at radius 1 is 1.06 bits per heavy atom. The van der Waals surface area contributed by atoms with Gasteiger partial charge in [-0.25, -0.2) is 0 Å². The molecule has 0 bridgehead atoms. The number of fused-ring (bicyclic) bond motifs is 1. The number of imide groups is 1. The van der Waals surface area contributed by atoms with Gasteiger partial charge in [0, 0.05) is 6.04 Å². The Morgan fingerprint density at radius 3 is 2.00 bits per heavy atom. The molecule has 1 aliphatic rings. The van der Waals surface area contributed by atoms with E-state index in [1.165, 1.54) is 4.90 Å². The van der Waals surface area contributed by atoms with Crippen molar-refractivity contribution < 1.29 is 9.59 Å². The third kappa shape index (κ3) is 1.86. The SMILES string of the molecule is CCCC(CC)N1C(=O)c2ccccc2C1=O. The lowest BCUT2D eigenvalue weighted by molar-refractivity contribution is 0.0571. The Morgan fingerprint density at radius 2 is 1.59 bits per heavy atom. The standard InChI is InChI=1S/C14H17NO2/c1-3-7-10(4-2)15-13(16)11-8-5-6-9-12(11)14(15)17/h5-6,8-10H,3-4,7H2,1-2H3. The molecule has 1 unspecified atom stereocenters. The molecular formula is C14H17NO2. The van der Waals surface area contributed by atoms with Crippen LogP contribution in [0, 0.1) is 0 Å². The van der Waals surface area contributed by atoms with E-state index in [4.69, 9.17) is 0 Å². The van der Waals surface area contributed by atoms with Gasteiger partial charge in [0.15, 0.2) is 0 Å². The Balaban J connectivity index is 2.35. The highest BCUT2D eigenvalue weighted by Crippen LogP contribution is 2.26. The fraction of sp³-hybridized carbons (Fsp3) is 0.429. The van der Waals surface area contributed by atoms with Crippen molar-refractivity contribution in [3.05, 3.63) is 35.4 Å². The summed E-state index contributed by atoms with van der Waals surface area (Å²) in [5.41, 5.74) is 1.10. The summed E-state index contributed by atoms with van der Waals surface area (Å²) in [6.07, 6.45) is 2.67. The second-order valence-electron chi connectivity index (χ2n) is 4.38. The van der Waals surface area contributed by atoms with Crippen LogP contribution in [0.3, 0.4) is 0 Å². The molecule has 90 valence electrons. The summed E-state index contributed by atoms with van der Waals surface area (Å²) in [5.74, 6) is -0.267. The molecule has 1 aromatic rings. The van der Waals surface area contributed by atoms with Gasteiger partial charge >= 0.3 is 0 Å². The Bertz CT molecular complexity index is 418. The number of carbonyl (C=O) groups is 2. The Kier molecular flexibility index (Phi) is 3.27. The first-order valence-corrected chi connectivity index (χ1v) is 6.17. The average Bonchev–Trinajstić information content (AvgIpc) is 2.61. The third-order valence-electron chi connectivity index (χ3n) is 3.28. The summed E-state index contributed by atoms with van der Waals surface area (Å²) in [4.78, 5) is 25.8. The highest BCUT2D eigenvalue weighted by atomic mass is 16.2. The quantitative estimate of drug-likeness (QED) is 0.747. The van der Waals surface area contributed by atoms with Crippen LogP contribution in [-0.2, 0) is 0 Å². The smallest absolute Gasteiger partial charge is 0.261 e. The molecule has 1 heterocycles. The van der Waals surface area contributed by atoms with E-state index in [9.17, 15) is 9.59 Å². The number of benzene rings is 1. The summed E-state index contributed by atoms with van der Waals surface area (Å²) in [5, 5.41) is 0. The van der Waals surface area contributed by atoms with Gasteiger partial charge in [-0.05, 0) is 25.0 Å². The number of carbonyl (C=O) groups excluding carboxylic acids is 2. The zero-order valence-electron chi connectivity index (χ0n) is 10.3. The van der Waals surface area contributed by atoms with Gasteiger partial charge in [0.1, 0.15) is 0 Å². The van der Waals surface area contributed by atoms with E-state index >= 15 is 0 Å². The predicted molar refractivity (Wildman–Crippen MR) is 65.9 cm³/mol.